The third-order valence-corrected chi connectivity index (χ3v) is 6.34. The lowest BCUT2D eigenvalue weighted by Gasteiger charge is -2.34. The number of nitrogens with zero attached hydrogens (tertiary/aromatic N) is 1. The molecule has 0 atom stereocenters. The van der Waals surface area contributed by atoms with E-state index >= 15 is 0 Å². The smallest absolute Gasteiger partial charge is 0.289 e. The van der Waals surface area contributed by atoms with Crippen molar-refractivity contribution < 1.29 is 13.6 Å². The van der Waals surface area contributed by atoms with Crippen LogP contribution in [0.5, 0.6) is 0 Å². The number of benzene rings is 1. The van der Waals surface area contributed by atoms with Crippen molar-refractivity contribution >= 4 is 41.7 Å². The summed E-state index contributed by atoms with van der Waals surface area (Å²) in [6.07, 6.45) is -0.504. The quantitative estimate of drug-likeness (QED) is 0.438. The van der Waals surface area contributed by atoms with Crippen molar-refractivity contribution in [1.29, 1.82) is 0 Å². The highest BCUT2D eigenvalue weighted by Gasteiger charge is 2.39. The zero-order valence-electron chi connectivity index (χ0n) is 14.6. The van der Waals surface area contributed by atoms with E-state index in [-0.39, 0.29) is 17.5 Å². The van der Waals surface area contributed by atoms with E-state index in [1.54, 1.807) is 0 Å². The Bertz CT molecular complexity index is 536. The van der Waals surface area contributed by atoms with Gasteiger partial charge < -0.3 is 0 Å². The first kappa shape index (κ1) is 20.7. The molecule has 1 rings (SSSR count). The van der Waals surface area contributed by atoms with Crippen molar-refractivity contribution in [3.05, 3.63) is 30.3 Å². The zero-order chi connectivity index (χ0) is 17.6. The van der Waals surface area contributed by atoms with Crippen LogP contribution in [-0.2, 0) is 13.6 Å². The zero-order valence-corrected chi connectivity index (χ0v) is 17.1. The van der Waals surface area contributed by atoms with Gasteiger partial charge in [-0.2, -0.15) is 0 Å². The van der Waals surface area contributed by atoms with Crippen LogP contribution < -0.4 is 4.67 Å². The molecule has 0 aliphatic carbocycles. The van der Waals surface area contributed by atoms with Gasteiger partial charge in [0.05, 0.1) is 17.9 Å². The lowest BCUT2D eigenvalue weighted by atomic mass is 10.3. The Hall–Kier alpha value is -0.390. The minimum Gasteiger partial charge on any atom is -0.289 e. The lowest BCUT2D eigenvalue weighted by molar-refractivity contribution is 0.143. The standard InChI is InChI=1S/C16H26NO3PS2/c1-12(2)19-21(18,20-13(3)4)17(16(22)23-14(5)6)15-10-8-7-9-11-15/h7-14H,1-6H3. The average Bonchev–Trinajstić information content (AvgIpc) is 2.36. The maximum absolute atomic E-state index is 13.5. The molecule has 1 aromatic rings. The first-order chi connectivity index (χ1) is 10.7. The Morgan fingerprint density at radius 2 is 1.52 bits per heavy atom. The van der Waals surface area contributed by atoms with Gasteiger partial charge in [0, 0.05) is 5.25 Å². The molecule has 130 valence electrons. The molecule has 0 amide bonds. The molecule has 0 aromatic heterocycles. The number of para-hydroxylation sites is 1. The first-order valence-electron chi connectivity index (χ1n) is 7.69. The molecule has 0 radical (unpaired) electrons. The molecule has 4 nitrogen and oxygen atoms in total. The normalized spacial score (nSPS) is 12.2. The molecule has 0 N–H and O–H groups in total. The maximum Gasteiger partial charge on any atom is 0.441 e. The van der Waals surface area contributed by atoms with Gasteiger partial charge in [0.2, 0.25) is 0 Å². The summed E-state index contributed by atoms with van der Waals surface area (Å²) < 4.78 is 27.0. The summed E-state index contributed by atoms with van der Waals surface area (Å²) in [6.45, 7) is 11.4. The van der Waals surface area contributed by atoms with Gasteiger partial charge >= 0.3 is 7.75 Å². The monoisotopic (exact) mass is 375 g/mol. The second kappa shape index (κ2) is 9.19. The summed E-state index contributed by atoms with van der Waals surface area (Å²) in [4.78, 5) is 0. The molecule has 0 heterocycles. The molecule has 0 aliphatic heterocycles. The molecule has 0 saturated heterocycles. The van der Waals surface area contributed by atoms with Crippen LogP contribution in [0.25, 0.3) is 0 Å². The Kier molecular flexibility index (Phi) is 8.25. The largest absolute Gasteiger partial charge is 0.441 e. The van der Waals surface area contributed by atoms with Gasteiger partial charge in [0.1, 0.15) is 4.32 Å². The predicted molar refractivity (Wildman–Crippen MR) is 104 cm³/mol. The molecule has 0 aliphatic rings. The molecule has 0 unspecified atom stereocenters. The second-order valence-electron chi connectivity index (χ2n) is 5.86. The molecular formula is C16H26NO3PS2. The molecular weight excluding hydrogens is 349 g/mol. The highest BCUT2D eigenvalue weighted by molar-refractivity contribution is 8.24. The van der Waals surface area contributed by atoms with E-state index in [0.29, 0.717) is 10.0 Å². The van der Waals surface area contributed by atoms with Crippen molar-refractivity contribution in [2.75, 3.05) is 4.67 Å². The Labute approximate surface area is 149 Å². The average molecular weight is 375 g/mol. The number of thioether (sulfide) groups is 1. The van der Waals surface area contributed by atoms with E-state index < -0.39 is 7.75 Å². The van der Waals surface area contributed by atoms with Crippen LogP contribution >= 0.6 is 31.7 Å². The molecule has 0 saturated carbocycles. The molecule has 1 aromatic carbocycles. The minimum absolute atomic E-state index is 0.252. The van der Waals surface area contributed by atoms with E-state index in [9.17, 15) is 4.57 Å². The third kappa shape index (κ3) is 6.55. The number of hydrogen-bond acceptors (Lipinski definition) is 5. The van der Waals surface area contributed by atoms with Crippen molar-refractivity contribution in [2.24, 2.45) is 0 Å². The van der Waals surface area contributed by atoms with E-state index in [1.807, 2.05) is 71.9 Å². The van der Waals surface area contributed by atoms with Crippen LogP contribution in [0.4, 0.5) is 5.69 Å². The van der Waals surface area contributed by atoms with Crippen LogP contribution in [0.2, 0.25) is 0 Å². The van der Waals surface area contributed by atoms with Crippen molar-refractivity contribution in [3.8, 4) is 0 Å². The van der Waals surface area contributed by atoms with Crippen LogP contribution in [0.1, 0.15) is 41.5 Å². The molecule has 0 bridgehead atoms. The van der Waals surface area contributed by atoms with E-state index in [0.717, 1.165) is 0 Å². The van der Waals surface area contributed by atoms with Crippen LogP contribution in [-0.4, -0.2) is 21.8 Å². The van der Waals surface area contributed by atoms with E-state index in [1.165, 1.54) is 16.4 Å². The second-order valence-corrected chi connectivity index (χ2v) is 9.83. The fourth-order valence-corrected chi connectivity index (χ4v) is 5.77. The molecule has 0 spiro atoms. The summed E-state index contributed by atoms with van der Waals surface area (Å²) >= 11 is 7.01. The number of hydrogen-bond donors (Lipinski definition) is 0. The topological polar surface area (TPSA) is 38.8 Å². The SMILES string of the molecule is CC(C)OP(=O)(OC(C)C)N(C(=S)SC(C)C)c1ccccc1. The van der Waals surface area contributed by atoms with Crippen LogP contribution in [0.3, 0.4) is 0 Å². The van der Waals surface area contributed by atoms with Gasteiger partial charge in [-0.25, -0.2) is 9.24 Å². The number of rotatable bonds is 7. The Morgan fingerprint density at radius 1 is 1.04 bits per heavy atom. The maximum atomic E-state index is 13.5. The van der Waals surface area contributed by atoms with Gasteiger partial charge in [-0.1, -0.05) is 56.0 Å². The predicted octanol–water partition coefficient (Wildman–Crippen LogP) is 5.88. The van der Waals surface area contributed by atoms with E-state index in [2.05, 4.69) is 0 Å². The minimum atomic E-state index is -3.60. The van der Waals surface area contributed by atoms with Gasteiger partial charge in [-0.15, -0.1) is 0 Å². The Balaban J connectivity index is 3.33. The fraction of sp³-hybridized carbons (Fsp3) is 0.562. The van der Waals surface area contributed by atoms with Crippen LogP contribution in [0.15, 0.2) is 30.3 Å². The summed E-state index contributed by atoms with van der Waals surface area (Å²) in [5.41, 5.74) is 0.704. The van der Waals surface area contributed by atoms with Crippen molar-refractivity contribution in [1.82, 2.24) is 0 Å². The highest BCUT2D eigenvalue weighted by Crippen LogP contribution is 2.57. The lowest BCUT2D eigenvalue weighted by Crippen LogP contribution is -2.29. The van der Waals surface area contributed by atoms with Crippen molar-refractivity contribution in [2.45, 2.75) is 59.0 Å². The molecule has 7 heteroatoms. The Morgan fingerprint density at radius 3 is 1.91 bits per heavy atom. The third-order valence-electron chi connectivity index (χ3n) is 2.44. The summed E-state index contributed by atoms with van der Waals surface area (Å²) in [5, 5.41) is 0.264. The van der Waals surface area contributed by atoms with Gasteiger partial charge in [0.15, 0.2) is 0 Å². The summed E-state index contributed by atoms with van der Waals surface area (Å²) in [7, 11) is -3.60. The molecule has 23 heavy (non-hydrogen) atoms. The van der Waals surface area contributed by atoms with E-state index in [4.69, 9.17) is 21.3 Å². The van der Waals surface area contributed by atoms with Gasteiger partial charge in [-0.3, -0.25) is 9.05 Å². The first-order valence-corrected chi connectivity index (χ1v) is 10.5. The number of thiocarbonyl (C=S) groups is 1. The van der Waals surface area contributed by atoms with Gasteiger partial charge in [0.25, 0.3) is 0 Å². The summed E-state index contributed by atoms with van der Waals surface area (Å²) in [6, 6.07) is 9.36. The van der Waals surface area contributed by atoms with Crippen molar-refractivity contribution in [3.63, 3.8) is 0 Å². The summed E-state index contributed by atoms with van der Waals surface area (Å²) in [5.74, 6) is 0. The fourth-order valence-electron chi connectivity index (χ4n) is 1.82. The molecule has 0 fully saturated rings. The van der Waals surface area contributed by atoms with Crippen LogP contribution in [0, 0.1) is 0 Å². The highest BCUT2D eigenvalue weighted by atomic mass is 32.2. The number of anilines is 1. The van der Waals surface area contributed by atoms with Gasteiger partial charge in [-0.05, 0) is 39.8 Å².